The van der Waals surface area contributed by atoms with Crippen LogP contribution in [0.15, 0.2) is 42.5 Å². The van der Waals surface area contributed by atoms with E-state index >= 15 is 0 Å². The minimum Gasteiger partial charge on any atom is -0.396 e. The van der Waals surface area contributed by atoms with Crippen molar-refractivity contribution in [2.75, 3.05) is 17.2 Å². The van der Waals surface area contributed by atoms with E-state index in [-0.39, 0.29) is 11.5 Å². The average molecular weight is 258 g/mol. The van der Waals surface area contributed by atoms with Gasteiger partial charge in [-0.15, -0.1) is 0 Å². The molecule has 0 saturated heterocycles. The van der Waals surface area contributed by atoms with Crippen molar-refractivity contribution >= 4 is 11.4 Å². The molecular weight excluding hydrogens is 239 g/mol. The van der Waals surface area contributed by atoms with Crippen LogP contribution in [0.1, 0.15) is 18.1 Å². The molecule has 100 valence electrons. The van der Waals surface area contributed by atoms with Crippen molar-refractivity contribution in [3.8, 4) is 0 Å². The lowest BCUT2D eigenvalue weighted by Gasteiger charge is -2.25. The monoisotopic (exact) mass is 258 g/mol. The van der Waals surface area contributed by atoms with E-state index in [1.807, 2.05) is 18.2 Å². The van der Waals surface area contributed by atoms with Crippen LogP contribution in [0.2, 0.25) is 0 Å². The van der Waals surface area contributed by atoms with E-state index in [0.717, 1.165) is 17.8 Å². The zero-order valence-corrected chi connectivity index (χ0v) is 11.4. The number of rotatable bonds is 4. The van der Waals surface area contributed by atoms with E-state index in [0.29, 0.717) is 6.54 Å². The minimum absolute atomic E-state index is 0.245. The average Bonchev–Trinajstić information content (AvgIpc) is 2.41. The summed E-state index contributed by atoms with van der Waals surface area (Å²) in [5.74, 6) is -0.349. The van der Waals surface area contributed by atoms with Gasteiger partial charge < -0.3 is 10.6 Å². The Hall–Kier alpha value is -2.03. The van der Waals surface area contributed by atoms with E-state index < -0.39 is 0 Å². The molecule has 0 aliphatic heterocycles. The number of hydrogen-bond donors (Lipinski definition) is 1. The SMILES string of the molecule is CCN(Cc1cccc(F)c1N)c1ccccc1C. The van der Waals surface area contributed by atoms with E-state index in [9.17, 15) is 4.39 Å². The Kier molecular flexibility index (Phi) is 4.05. The number of hydrogen-bond acceptors (Lipinski definition) is 2. The largest absolute Gasteiger partial charge is 0.396 e. The summed E-state index contributed by atoms with van der Waals surface area (Å²) in [5.41, 5.74) is 9.24. The van der Waals surface area contributed by atoms with Crippen molar-refractivity contribution in [3.05, 3.63) is 59.4 Å². The van der Waals surface area contributed by atoms with Gasteiger partial charge in [-0.2, -0.15) is 0 Å². The van der Waals surface area contributed by atoms with Gasteiger partial charge in [0.1, 0.15) is 5.82 Å². The highest BCUT2D eigenvalue weighted by Crippen LogP contribution is 2.24. The zero-order chi connectivity index (χ0) is 13.8. The molecule has 3 heteroatoms. The number of nitrogens with two attached hydrogens (primary N) is 1. The summed E-state index contributed by atoms with van der Waals surface area (Å²) >= 11 is 0. The maximum Gasteiger partial charge on any atom is 0.146 e. The molecule has 0 heterocycles. The first-order valence-electron chi connectivity index (χ1n) is 6.47. The van der Waals surface area contributed by atoms with Gasteiger partial charge >= 0.3 is 0 Å². The molecule has 2 aromatic carbocycles. The van der Waals surface area contributed by atoms with Gasteiger partial charge in [0.25, 0.3) is 0 Å². The molecule has 2 aromatic rings. The van der Waals surface area contributed by atoms with E-state index in [2.05, 4.69) is 30.9 Å². The second-order valence-electron chi connectivity index (χ2n) is 4.61. The lowest BCUT2D eigenvalue weighted by Crippen LogP contribution is -2.23. The lowest BCUT2D eigenvalue weighted by atomic mass is 10.1. The molecule has 0 aliphatic carbocycles. The topological polar surface area (TPSA) is 29.3 Å². The van der Waals surface area contributed by atoms with Gasteiger partial charge in [0, 0.05) is 18.8 Å². The van der Waals surface area contributed by atoms with Gasteiger partial charge in [-0.05, 0) is 37.1 Å². The molecule has 0 saturated carbocycles. The highest BCUT2D eigenvalue weighted by Gasteiger charge is 2.11. The molecule has 0 amide bonds. The molecule has 0 aliphatic rings. The Balaban J connectivity index is 2.30. The van der Waals surface area contributed by atoms with Gasteiger partial charge in [0.2, 0.25) is 0 Å². The van der Waals surface area contributed by atoms with E-state index in [4.69, 9.17) is 5.73 Å². The normalized spacial score (nSPS) is 10.5. The predicted octanol–water partition coefficient (Wildman–Crippen LogP) is 3.74. The van der Waals surface area contributed by atoms with Gasteiger partial charge in [-0.3, -0.25) is 0 Å². The fourth-order valence-corrected chi connectivity index (χ4v) is 2.21. The summed E-state index contributed by atoms with van der Waals surface area (Å²) in [5, 5.41) is 0. The number of nitrogen functional groups attached to an aromatic ring is 1. The van der Waals surface area contributed by atoms with Crippen molar-refractivity contribution in [3.63, 3.8) is 0 Å². The highest BCUT2D eigenvalue weighted by atomic mass is 19.1. The quantitative estimate of drug-likeness (QED) is 0.846. The Morgan fingerprint density at radius 3 is 2.53 bits per heavy atom. The first-order chi connectivity index (χ1) is 9.13. The van der Waals surface area contributed by atoms with Crippen molar-refractivity contribution in [1.82, 2.24) is 0 Å². The number of nitrogens with zero attached hydrogens (tertiary/aromatic N) is 1. The highest BCUT2D eigenvalue weighted by molar-refractivity contribution is 5.56. The maximum atomic E-state index is 13.5. The van der Waals surface area contributed by atoms with Crippen LogP contribution in [0.25, 0.3) is 0 Å². The zero-order valence-electron chi connectivity index (χ0n) is 11.4. The molecule has 0 radical (unpaired) electrons. The van der Waals surface area contributed by atoms with Crippen LogP contribution in [0.5, 0.6) is 0 Å². The van der Waals surface area contributed by atoms with Crippen molar-refractivity contribution in [2.24, 2.45) is 0 Å². The smallest absolute Gasteiger partial charge is 0.146 e. The van der Waals surface area contributed by atoms with Crippen molar-refractivity contribution in [2.45, 2.75) is 20.4 Å². The summed E-state index contributed by atoms with van der Waals surface area (Å²) in [7, 11) is 0. The van der Waals surface area contributed by atoms with E-state index in [1.165, 1.54) is 11.6 Å². The summed E-state index contributed by atoms with van der Waals surface area (Å²) in [6.45, 7) is 5.63. The number of halogens is 1. The van der Waals surface area contributed by atoms with Crippen molar-refractivity contribution in [1.29, 1.82) is 0 Å². The van der Waals surface area contributed by atoms with Gasteiger partial charge in [0.15, 0.2) is 0 Å². The number of para-hydroxylation sites is 2. The van der Waals surface area contributed by atoms with E-state index in [1.54, 1.807) is 6.07 Å². The molecule has 0 atom stereocenters. The van der Waals surface area contributed by atoms with Gasteiger partial charge in [-0.1, -0.05) is 30.3 Å². The van der Waals surface area contributed by atoms with Crippen LogP contribution in [0.3, 0.4) is 0 Å². The molecule has 2 N–H and O–H groups in total. The van der Waals surface area contributed by atoms with Crippen molar-refractivity contribution < 1.29 is 4.39 Å². The van der Waals surface area contributed by atoms with Crippen LogP contribution in [-0.4, -0.2) is 6.54 Å². The molecule has 0 spiro atoms. The molecule has 0 fully saturated rings. The maximum absolute atomic E-state index is 13.5. The Labute approximate surface area is 113 Å². The van der Waals surface area contributed by atoms with Crippen LogP contribution >= 0.6 is 0 Å². The first kappa shape index (κ1) is 13.4. The third-order valence-electron chi connectivity index (χ3n) is 3.34. The Morgan fingerprint density at radius 1 is 1.11 bits per heavy atom. The Morgan fingerprint density at radius 2 is 1.84 bits per heavy atom. The summed E-state index contributed by atoms with van der Waals surface area (Å²) < 4.78 is 13.5. The molecule has 0 aromatic heterocycles. The standard InChI is InChI=1S/C16H19FN2/c1-3-19(15-10-5-4-7-12(15)2)11-13-8-6-9-14(17)16(13)18/h4-10H,3,11,18H2,1-2H3. The van der Waals surface area contributed by atoms with Gasteiger partial charge in [0.05, 0.1) is 5.69 Å². The number of benzene rings is 2. The fraction of sp³-hybridized carbons (Fsp3) is 0.250. The first-order valence-corrected chi connectivity index (χ1v) is 6.47. The molecule has 2 rings (SSSR count). The fourth-order valence-electron chi connectivity index (χ4n) is 2.21. The van der Waals surface area contributed by atoms with Gasteiger partial charge in [-0.25, -0.2) is 4.39 Å². The van der Waals surface area contributed by atoms with Crippen LogP contribution < -0.4 is 10.6 Å². The summed E-state index contributed by atoms with van der Waals surface area (Å²) in [6.07, 6.45) is 0. The molecule has 19 heavy (non-hydrogen) atoms. The van der Waals surface area contributed by atoms with Crippen LogP contribution in [-0.2, 0) is 6.54 Å². The lowest BCUT2D eigenvalue weighted by molar-refractivity contribution is 0.630. The Bertz CT molecular complexity index is 566. The number of aryl methyl sites for hydroxylation is 1. The second-order valence-corrected chi connectivity index (χ2v) is 4.61. The molecule has 0 unspecified atom stereocenters. The minimum atomic E-state index is -0.349. The third kappa shape index (κ3) is 2.87. The predicted molar refractivity (Wildman–Crippen MR) is 78.7 cm³/mol. The summed E-state index contributed by atoms with van der Waals surface area (Å²) in [6, 6.07) is 13.2. The molecular formula is C16H19FN2. The molecule has 2 nitrogen and oxygen atoms in total. The summed E-state index contributed by atoms with van der Waals surface area (Å²) in [4.78, 5) is 2.19. The van der Waals surface area contributed by atoms with Crippen LogP contribution in [0.4, 0.5) is 15.8 Å². The number of anilines is 2. The molecule has 0 bridgehead atoms. The second kappa shape index (κ2) is 5.74. The van der Waals surface area contributed by atoms with Crippen LogP contribution in [0, 0.1) is 12.7 Å². The third-order valence-corrected chi connectivity index (χ3v) is 3.34.